The van der Waals surface area contributed by atoms with Gasteiger partial charge in [0.05, 0.1) is 19.9 Å². The van der Waals surface area contributed by atoms with E-state index >= 15 is 0 Å². The lowest BCUT2D eigenvalue weighted by atomic mass is 9.95. The van der Waals surface area contributed by atoms with Crippen LogP contribution < -0.4 is 14.8 Å². The number of esters is 2. The zero-order valence-corrected chi connectivity index (χ0v) is 26.4. The first-order valence-corrected chi connectivity index (χ1v) is 18.7. The minimum absolute atomic E-state index is 0.136. The van der Waals surface area contributed by atoms with Gasteiger partial charge in [-0.25, -0.2) is 4.79 Å². The van der Waals surface area contributed by atoms with Crippen molar-refractivity contribution in [1.82, 2.24) is 5.32 Å². The van der Waals surface area contributed by atoms with Gasteiger partial charge in [-0.15, -0.1) is 0 Å². The molecule has 1 aromatic carbocycles. The Morgan fingerprint density at radius 1 is 1.28 bits per heavy atom. The molecule has 1 aliphatic rings. The average molecular weight is 586 g/mol. The number of fused-ring (bicyclic) bond motifs is 1. The first kappa shape index (κ1) is 33.0. The molecular formula is C27H44NO9PSi. The van der Waals surface area contributed by atoms with Gasteiger partial charge < -0.3 is 29.2 Å². The normalized spacial score (nSPS) is 15.8. The maximum atomic E-state index is 12.6. The molecule has 2 N–H and O–H groups in total. The highest BCUT2D eigenvalue weighted by Gasteiger charge is 2.33. The van der Waals surface area contributed by atoms with E-state index in [1.54, 1.807) is 14.0 Å². The molecule has 0 fully saturated rings. The molecule has 0 amide bonds. The summed E-state index contributed by atoms with van der Waals surface area (Å²) in [6.45, 7) is 15.1. The van der Waals surface area contributed by atoms with Crippen LogP contribution in [-0.4, -0.2) is 64.2 Å². The summed E-state index contributed by atoms with van der Waals surface area (Å²) >= 11 is 0. The summed E-state index contributed by atoms with van der Waals surface area (Å²) < 4.78 is 39.6. The molecule has 10 nitrogen and oxygen atoms in total. The predicted molar refractivity (Wildman–Crippen MR) is 152 cm³/mol. The van der Waals surface area contributed by atoms with E-state index in [1.165, 1.54) is 6.92 Å². The van der Waals surface area contributed by atoms with Crippen LogP contribution in [0, 0.1) is 6.92 Å². The number of carbonyl (C=O) groups is 2. The van der Waals surface area contributed by atoms with Crippen molar-refractivity contribution in [2.45, 2.75) is 79.1 Å². The van der Waals surface area contributed by atoms with Crippen molar-refractivity contribution >= 4 is 27.6 Å². The fraction of sp³-hybridized carbons (Fsp3) is 0.630. The molecule has 1 unspecified atom stereocenters. The van der Waals surface area contributed by atoms with Crippen LogP contribution >= 0.6 is 7.60 Å². The van der Waals surface area contributed by atoms with Gasteiger partial charge >= 0.3 is 19.5 Å². The van der Waals surface area contributed by atoms with Crippen LogP contribution in [0.15, 0.2) is 11.6 Å². The van der Waals surface area contributed by atoms with Gasteiger partial charge in [0.2, 0.25) is 6.29 Å². The second-order valence-corrected chi connectivity index (χ2v) is 18.4. The van der Waals surface area contributed by atoms with Crippen LogP contribution in [-0.2, 0) is 36.4 Å². The largest absolute Gasteiger partial charge is 0.496 e. The minimum Gasteiger partial charge on any atom is -0.496 e. The lowest BCUT2D eigenvalue weighted by molar-refractivity contribution is -0.161. The van der Waals surface area contributed by atoms with Crippen molar-refractivity contribution in [2.75, 3.05) is 33.0 Å². The molecule has 1 aliphatic heterocycles. The molecule has 0 bridgehead atoms. The molecule has 12 heteroatoms. The molecule has 220 valence electrons. The van der Waals surface area contributed by atoms with Crippen molar-refractivity contribution < 1.29 is 42.5 Å². The summed E-state index contributed by atoms with van der Waals surface area (Å²) in [4.78, 5) is 34.0. The Morgan fingerprint density at radius 2 is 1.97 bits per heavy atom. The van der Waals surface area contributed by atoms with Gasteiger partial charge in [-0.3, -0.25) is 13.9 Å². The van der Waals surface area contributed by atoms with Crippen molar-refractivity contribution in [1.29, 1.82) is 0 Å². The number of benzene rings is 1. The summed E-state index contributed by atoms with van der Waals surface area (Å²) in [6.07, 6.45) is 1.42. The summed E-state index contributed by atoms with van der Waals surface area (Å²) in [5, 5.41) is 3.14. The van der Waals surface area contributed by atoms with Crippen molar-refractivity contribution in [3.8, 4) is 11.5 Å². The molecule has 39 heavy (non-hydrogen) atoms. The van der Waals surface area contributed by atoms with Gasteiger partial charge in [-0.05, 0) is 38.8 Å². The number of carbonyl (C=O) groups excluding carboxylic acids is 2. The van der Waals surface area contributed by atoms with Crippen LogP contribution in [0.25, 0.3) is 0 Å². The predicted octanol–water partition coefficient (Wildman–Crippen LogP) is 4.97. The number of ether oxygens (including phenoxy) is 4. The van der Waals surface area contributed by atoms with E-state index in [1.807, 2.05) is 19.9 Å². The molecule has 1 aromatic rings. The topological polar surface area (TPSA) is 130 Å². The maximum absolute atomic E-state index is 12.6. The van der Waals surface area contributed by atoms with Gasteiger partial charge in [0.15, 0.2) is 0 Å². The molecule has 2 rings (SSSR count). The molecule has 0 radical (unpaired) electrons. The van der Waals surface area contributed by atoms with E-state index in [-0.39, 0.29) is 31.7 Å². The zero-order chi connectivity index (χ0) is 29.4. The molecule has 0 aromatic heterocycles. The van der Waals surface area contributed by atoms with Crippen LogP contribution in [0.5, 0.6) is 11.5 Å². The highest BCUT2D eigenvalue weighted by atomic mass is 31.2. The number of rotatable bonds is 16. The Morgan fingerprint density at radius 3 is 2.59 bits per heavy atom. The average Bonchev–Trinajstić information content (AvgIpc) is 3.22. The first-order valence-electron chi connectivity index (χ1n) is 13.3. The van der Waals surface area contributed by atoms with Crippen molar-refractivity contribution in [3.63, 3.8) is 0 Å². The van der Waals surface area contributed by atoms with Crippen LogP contribution in [0.3, 0.4) is 0 Å². The van der Waals surface area contributed by atoms with Crippen molar-refractivity contribution in [3.05, 3.63) is 33.9 Å². The first-order chi connectivity index (χ1) is 18.2. The molecule has 1 heterocycles. The van der Waals surface area contributed by atoms with Crippen LogP contribution in [0.2, 0.25) is 25.7 Å². The molecule has 0 aliphatic carbocycles. The number of allylic oxidation sites excluding steroid dienone is 1. The smallest absolute Gasteiger partial charge is 0.342 e. The van der Waals surface area contributed by atoms with E-state index < -0.39 is 27.9 Å². The number of hydrogen-bond acceptors (Lipinski definition) is 9. The summed E-state index contributed by atoms with van der Waals surface area (Å²) in [7, 11) is -3.67. The second kappa shape index (κ2) is 14.5. The van der Waals surface area contributed by atoms with E-state index in [4.69, 9.17) is 23.5 Å². The Bertz CT molecular complexity index is 1110. The second-order valence-electron chi connectivity index (χ2n) is 10.9. The van der Waals surface area contributed by atoms with E-state index in [0.29, 0.717) is 36.6 Å². The molecular weight excluding hydrogens is 541 g/mol. The highest BCUT2D eigenvalue weighted by molar-refractivity contribution is 7.52. The molecule has 2 atom stereocenters. The third-order valence-electron chi connectivity index (χ3n) is 6.25. The van der Waals surface area contributed by atoms with Crippen LogP contribution in [0.4, 0.5) is 0 Å². The summed E-state index contributed by atoms with van der Waals surface area (Å²) in [6, 6.07) is 0.948. The third kappa shape index (κ3) is 10.1. The van der Waals surface area contributed by atoms with Gasteiger partial charge in [-0.1, -0.05) is 38.2 Å². The SMILES string of the molecule is CCC(=O)O[C@H](C)OP(=O)(O)CCNC/C(C)=C/Cc1c(OC)c(C)c2c(c1OCC[Si](C)(C)C)C(=O)OC2. The maximum Gasteiger partial charge on any atom is 0.342 e. The Kier molecular flexibility index (Phi) is 12.2. The van der Waals surface area contributed by atoms with Crippen molar-refractivity contribution in [2.24, 2.45) is 0 Å². The van der Waals surface area contributed by atoms with Gasteiger partial charge in [0.1, 0.15) is 23.7 Å². The Balaban J connectivity index is 2.09. The number of methoxy groups -OCH3 is 1. The zero-order valence-electron chi connectivity index (χ0n) is 24.5. The quantitative estimate of drug-likeness (QED) is 0.0685. The fourth-order valence-electron chi connectivity index (χ4n) is 4.06. The summed E-state index contributed by atoms with van der Waals surface area (Å²) in [5.41, 5.74) is 3.95. The van der Waals surface area contributed by atoms with E-state index in [2.05, 4.69) is 25.0 Å². The molecule has 0 saturated heterocycles. The van der Waals surface area contributed by atoms with Gasteiger partial charge in [0.25, 0.3) is 0 Å². The third-order valence-corrected chi connectivity index (χ3v) is 9.37. The summed E-state index contributed by atoms with van der Waals surface area (Å²) in [5.74, 6) is 0.333. The Hall–Kier alpha value is -2.17. The highest BCUT2D eigenvalue weighted by Crippen LogP contribution is 2.44. The van der Waals surface area contributed by atoms with Gasteiger partial charge in [0, 0.05) is 38.7 Å². The minimum atomic E-state index is -3.93. The monoisotopic (exact) mass is 585 g/mol. The lowest BCUT2D eigenvalue weighted by Gasteiger charge is -2.21. The number of hydrogen-bond donors (Lipinski definition) is 2. The molecule has 0 saturated carbocycles. The number of nitrogens with one attached hydrogen (secondary N) is 1. The standard InChI is InChI=1S/C27H44NO9PSi/c1-9-23(29)36-20(4)37-38(31,32)14-12-28-16-18(2)10-11-21-25(33-5)19(3)22-17-35-27(30)24(22)26(21)34-13-15-39(6,7)8/h10,20,28H,9,11-17H2,1-8H3,(H,31,32)/b18-10+/t20-/m0/s1. The number of cyclic esters (lactones) is 1. The Labute approximate surface area is 232 Å². The lowest BCUT2D eigenvalue weighted by Crippen LogP contribution is -2.23. The van der Waals surface area contributed by atoms with Crippen LogP contribution in [0.1, 0.15) is 54.2 Å². The van der Waals surface area contributed by atoms with E-state index in [9.17, 15) is 19.0 Å². The fourth-order valence-corrected chi connectivity index (χ4v) is 5.82. The van der Waals surface area contributed by atoms with E-state index in [0.717, 1.165) is 28.3 Å². The van der Waals surface area contributed by atoms with Gasteiger partial charge in [-0.2, -0.15) is 0 Å². The molecule has 0 spiro atoms.